The van der Waals surface area contributed by atoms with Gasteiger partial charge in [-0.15, -0.1) is 0 Å². The zero-order valence-electron chi connectivity index (χ0n) is 14.8. The highest BCUT2D eigenvalue weighted by atomic mass is 19.1. The lowest BCUT2D eigenvalue weighted by atomic mass is 10.0. The van der Waals surface area contributed by atoms with Gasteiger partial charge in [-0.1, -0.05) is 6.07 Å². The van der Waals surface area contributed by atoms with E-state index >= 15 is 0 Å². The second kappa shape index (κ2) is 9.32. The number of rotatable bonds is 8. The Morgan fingerprint density at radius 3 is 2.62 bits per heavy atom. The fourth-order valence-corrected chi connectivity index (χ4v) is 3.23. The Labute approximate surface area is 143 Å². The number of β-amino-alcohol motifs (C(OH)–C–C–N with tert-alkyl or cyclic N) is 1. The number of benzene rings is 1. The molecule has 2 rings (SSSR count). The molecule has 1 aliphatic rings. The second-order valence-electron chi connectivity index (χ2n) is 6.47. The van der Waals surface area contributed by atoms with Crippen molar-refractivity contribution in [2.24, 2.45) is 0 Å². The van der Waals surface area contributed by atoms with Gasteiger partial charge in [-0.05, 0) is 50.6 Å². The second-order valence-corrected chi connectivity index (χ2v) is 6.47. The fourth-order valence-electron chi connectivity index (χ4n) is 3.23. The largest absolute Gasteiger partial charge is 0.494 e. The van der Waals surface area contributed by atoms with E-state index in [1.165, 1.54) is 13.2 Å². The van der Waals surface area contributed by atoms with Crippen LogP contribution in [-0.4, -0.2) is 62.6 Å². The van der Waals surface area contributed by atoms with Crippen LogP contribution in [0.1, 0.15) is 31.4 Å². The number of hydrogen-bond acceptors (Lipinski definition) is 5. The smallest absolute Gasteiger partial charge is 0.165 e. The molecule has 5 nitrogen and oxygen atoms in total. The number of nitrogens with zero attached hydrogens (tertiary/aromatic N) is 1. The average Bonchev–Trinajstić information content (AvgIpc) is 2.56. The molecule has 2 atom stereocenters. The van der Waals surface area contributed by atoms with Crippen molar-refractivity contribution in [2.45, 2.75) is 38.0 Å². The van der Waals surface area contributed by atoms with E-state index in [1.54, 1.807) is 13.2 Å². The molecule has 0 aromatic heterocycles. The molecular weight excluding hydrogens is 311 g/mol. The Bertz CT molecular complexity index is 507. The minimum atomic E-state index is -0.430. The van der Waals surface area contributed by atoms with Gasteiger partial charge in [-0.25, -0.2) is 4.39 Å². The molecule has 0 amide bonds. The van der Waals surface area contributed by atoms with Crippen LogP contribution in [0.25, 0.3) is 0 Å². The van der Waals surface area contributed by atoms with E-state index in [1.807, 2.05) is 6.07 Å². The average molecular weight is 340 g/mol. The summed E-state index contributed by atoms with van der Waals surface area (Å²) in [7, 11) is 3.07. The predicted octanol–water partition coefficient (Wildman–Crippen LogP) is 1.96. The summed E-state index contributed by atoms with van der Waals surface area (Å²) in [5.74, 6) is -0.0560. The molecule has 1 aliphatic heterocycles. The standard InChI is InChI=1S/C18H29FN2O3/c1-13(14-4-5-18(24-3)17(19)10-14)20-15-6-8-21(9-7-15)11-16(22)12-23-2/h4-5,10,13,15-16,20,22H,6-9,11-12H2,1-3H3. The molecule has 0 aliphatic carbocycles. The number of piperidine rings is 1. The number of likely N-dealkylation sites (tertiary alicyclic amines) is 1. The third kappa shape index (κ3) is 5.41. The molecular formula is C18H29FN2O3. The van der Waals surface area contributed by atoms with Crippen LogP contribution in [0.15, 0.2) is 18.2 Å². The number of halogens is 1. The van der Waals surface area contributed by atoms with Crippen molar-refractivity contribution in [1.29, 1.82) is 0 Å². The summed E-state index contributed by atoms with van der Waals surface area (Å²) < 4.78 is 23.8. The van der Waals surface area contributed by atoms with E-state index in [0.717, 1.165) is 31.5 Å². The predicted molar refractivity (Wildman–Crippen MR) is 91.8 cm³/mol. The van der Waals surface area contributed by atoms with Crippen molar-refractivity contribution in [2.75, 3.05) is 40.5 Å². The van der Waals surface area contributed by atoms with E-state index in [0.29, 0.717) is 19.2 Å². The highest BCUT2D eigenvalue weighted by Gasteiger charge is 2.22. The Kier molecular flexibility index (Phi) is 7.42. The zero-order chi connectivity index (χ0) is 17.5. The minimum absolute atomic E-state index is 0.0843. The van der Waals surface area contributed by atoms with Crippen LogP contribution in [0.2, 0.25) is 0 Å². The van der Waals surface area contributed by atoms with E-state index in [4.69, 9.17) is 9.47 Å². The zero-order valence-corrected chi connectivity index (χ0v) is 14.8. The van der Waals surface area contributed by atoms with Crippen molar-refractivity contribution in [3.63, 3.8) is 0 Å². The molecule has 1 fully saturated rings. The Morgan fingerprint density at radius 1 is 1.33 bits per heavy atom. The van der Waals surface area contributed by atoms with Crippen LogP contribution in [0.3, 0.4) is 0 Å². The molecule has 1 heterocycles. The fraction of sp³-hybridized carbons (Fsp3) is 0.667. The van der Waals surface area contributed by atoms with Gasteiger partial charge in [0.2, 0.25) is 0 Å². The first-order chi connectivity index (χ1) is 11.5. The highest BCUT2D eigenvalue weighted by molar-refractivity contribution is 5.30. The lowest BCUT2D eigenvalue weighted by molar-refractivity contribution is 0.0308. The first kappa shape index (κ1) is 19.1. The number of methoxy groups -OCH3 is 2. The third-order valence-corrected chi connectivity index (χ3v) is 4.58. The van der Waals surface area contributed by atoms with Crippen molar-refractivity contribution in [3.05, 3.63) is 29.6 Å². The topological polar surface area (TPSA) is 54.0 Å². The maximum Gasteiger partial charge on any atom is 0.165 e. The molecule has 2 N–H and O–H groups in total. The monoisotopic (exact) mass is 340 g/mol. The van der Waals surface area contributed by atoms with Crippen molar-refractivity contribution < 1.29 is 19.0 Å². The van der Waals surface area contributed by atoms with Crippen LogP contribution in [-0.2, 0) is 4.74 Å². The van der Waals surface area contributed by atoms with E-state index in [-0.39, 0.29) is 17.6 Å². The third-order valence-electron chi connectivity index (χ3n) is 4.58. The molecule has 0 radical (unpaired) electrons. The van der Waals surface area contributed by atoms with Crippen LogP contribution < -0.4 is 10.1 Å². The van der Waals surface area contributed by atoms with Crippen molar-refractivity contribution >= 4 is 0 Å². The molecule has 0 saturated carbocycles. The van der Waals surface area contributed by atoms with E-state index in [2.05, 4.69) is 17.1 Å². The van der Waals surface area contributed by atoms with E-state index < -0.39 is 6.10 Å². The molecule has 1 aromatic carbocycles. The summed E-state index contributed by atoms with van der Waals surface area (Å²) in [6.45, 7) is 4.97. The summed E-state index contributed by atoms with van der Waals surface area (Å²) in [4.78, 5) is 2.26. The van der Waals surface area contributed by atoms with Crippen molar-refractivity contribution in [3.8, 4) is 5.75 Å². The first-order valence-corrected chi connectivity index (χ1v) is 8.52. The van der Waals surface area contributed by atoms with Crippen LogP contribution >= 0.6 is 0 Å². The number of nitrogens with one attached hydrogen (secondary N) is 1. The Hall–Kier alpha value is -1.21. The van der Waals surface area contributed by atoms with Gasteiger partial charge in [0.1, 0.15) is 0 Å². The van der Waals surface area contributed by atoms with E-state index in [9.17, 15) is 9.50 Å². The number of aliphatic hydroxyl groups excluding tert-OH is 1. The Balaban J connectivity index is 1.79. The van der Waals surface area contributed by atoms with Gasteiger partial charge in [-0.2, -0.15) is 0 Å². The normalized spacial score (nSPS) is 19.2. The van der Waals surface area contributed by atoms with Gasteiger partial charge < -0.3 is 24.8 Å². The first-order valence-electron chi connectivity index (χ1n) is 8.52. The van der Waals surface area contributed by atoms with Crippen molar-refractivity contribution in [1.82, 2.24) is 10.2 Å². The summed E-state index contributed by atoms with van der Waals surface area (Å²) in [6.07, 6.45) is 1.60. The quantitative estimate of drug-likeness (QED) is 0.758. The molecule has 136 valence electrons. The summed E-state index contributed by atoms with van der Waals surface area (Å²) in [5, 5.41) is 13.4. The lowest BCUT2D eigenvalue weighted by Crippen LogP contribution is -2.46. The number of hydrogen-bond donors (Lipinski definition) is 2. The summed E-state index contributed by atoms with van der Waals surface area (Å²) in [5.41, 5.74) is 0.922. The molecule has 6 heteroatoms. The SMILES string of the molecule is COCC(O)CN1CCC(NC(C)c2ccc(OC)c(F)c2)CC1. The lowest BCUT2D eigenvalue weighted by Gasteiger charge is -2.34. The van der Waals surface area contributed by atoms with Gasteiger partial charge in [0.25, 0.3) is 0 Å². The molecule has 0 spiro atoms. The molecule has 1 aromatic rings. The van der Waals surface area contributed by atoms with Gasteiger partial charge in [0.05, 0.1) is 19.8 Å². The molecule has 24 heavy (non-hydrogen) atoms. The maximum atomic E-state index is 13.8. The molecule has 2 unspecified atom stereocenters. The maximum absolute atomic E-state index is 13.8. The van der Waals surface area contributed by atoms with Gasteiger partial charge >= 0.3 is 0 Å². The van der Waals surface area contributed by atoms with Gasteiger partial charge in [0.15, 0.2) is 11.6 Å². The van der Waals surface area contributed by atoms with Gasteiger partial charge in [-0.3, -0.25) is 0 Å². The highest BCUT2D eigenvalue weighted by Crippen LogP contribution is 2.23. The number of aliphatic hydroxyl groups is 1. The van der Waals surface area contributed by atoms with Gasteiger partial charge in [0, 0.05) is 25.7 Å². The summed E-state index contributed by atoms with van der Waals surface area (Å²) >= 11 is 0. The molecule has 1 saturated heterocycles. The van der Waals surface area contributed by atoms with Crippen LogP contribution in [0.4, 0.5) is 4.39 Å². The molecule has 0 bridgehead atoms. The van der Waals surface area contributed by atoms with Crippen LogP contribution in [0.5, 0.6) is 5.75 Å². The summed E-state index contributed by atoms with van der Waals surface area (Å²) in [6, 6.07) is 5.59. The number of ether oxygens (including phenoxy) is 2. The van der Waals surface area contributed by atoms with Crippen LogP contribution in [0, 0.1) is 5.82 Å². The minimum Gasteiger partial charge on any atom is -0.494 e. The Morgan fingerprint density at radius 2 is 2.04 bits per heavy atom.